The molecular formula is C5H5Cl2N3O. The highest BCUT2D eigenvalue weighted by atomic mass is 35.5. The smallest absolute Gasteiger partial charge is 0.264 e. The molecule has 11 heavy (non-hydrogen) atoms. The van der Waals surface area contributed by atoms with Gasteiger partial charge in [0, 0.05) is 0 Å². The van der Waals surface area contributed by atoms with Crippen molar-refractivity contribution >= 4 is 34.3 Å². The molecule has 1 aliphatic heterocycles. The van der Waals surface area contributed by atoms with Crippen molar-refractivity contribution in [2.45, 2.75) is 5.00 Å². The van der Waals surface area contributed by atoms with E-state index in [-0.39, 0.29) is 5.17 Å². The first-order chi connectivity index (χ1) is 5.04. The van der Waals surface area contributed by atoms with Crippen molar-refractivity contribution in [1.82, 2.24) is 5.43 Å². The molecule has 0 aliphatic carbocycles. The van der Waals surface area contributed by atoms with E-state index in [0.29, 0.717) is 0 Å². The average Bonchev–Trinajstić information content (AvgIpc) is 1.95. The Kier molecular flexibility index (Phi) is 2.06. The second-order valence-electron chi connectivity index (χ2n) is 1.96. The third-order valence-electron chi connectivity index (χ3n) is 1.13. The van der Waals surface area contributed by atoms with E-state index in [9.17, 15) is 4.79 Å². The second-order valence-corrected chi connectivity index (χ2v) is 2.94. The minimum Gasteiger partial charge on any atom is -0.366 e. The van der Waals surface area contributed by atoms with Gasteiger partial charge in [0.25, 0.3) is 5.91 Å². The van der Waals surface area contributed by atoms with Crippen LogP contribution in [0.2, 0.25) is 0 Å². The zero-order valence-electron chi connectivity index (χ0n) is 5.34. The first-order valence-corrected chi connectivity index (χ1v) is 3.48. The summed E-state index contributed by atoms with van der Waals surface area (Å²) in [4.78, 5) is 9.21. The topological polar surface area (TPSA) is 67.5 Å². The first kappa shape index (κ1) is 8.36. The Morgan fingerprint density at radius 2 is 2.45 bits per heavy atom. The van der Waals surface area contributed by atoms with Crippen LogP contribution in [0.25, 0.3) is 0 Å². The summed E-state index contributed by atoms with van der Waals surface area (Å²) in [6.07, 6.45) is 2.74. The number of primary amides is 1. The highest BCUT2D eigenvalue weighted by molar-refractivity contribution is 6.68. The Hall–Kier alpha value is -0.740. The Labute approximate surface area is 73.0 Å². The van der Waals surface area contributed by atoms with Crippen molar-refractivity contribution in [1.29, 1.82) is 0 Å². The van der Waals surface area contributed by atoms with E-state index in [4.69, 9.17) is 28.9 Å². The maximum Gasteiger partial charge on any atom is 0.264 e. The number of halogens is 2. The number of hydrogen-bond acceptors (Lipinski definition) is 3. The molecule has 1 amide bonds. The van der Waals surface area contributed by atoms with Crippen molar-refractivity contribution in [2.75, 3.05) is 0 Å². The van der Waals surface area contributed by atoms with E-state index < -0.39 is 10.9 Å². The summed E-state index contributed by atoms with van der Waals surface area (Å²) in [5.41, 5.74) is 7.25. The number of allylic oxidation sites excluding steroid dienone is 1. The molecule has 0 aromatic rings. The van der Waals surface area contributed by atoms with Crippen LogP contribution in [0.15, 0.2) is 17.3 Å². The number of nitrogens with zero attached hydrogens (tertiary/aromatic N) is 1. The van der Waals surface area contributed by atoms with Crippen LogP contribution in [0.5, 0.6) is 0 Å². The second kappa shape index (κ2) is 2.71. The van der Waals surface area contributed by atoms with Gasteiger partial charge in [-0.25, -0.2) is 0 Å². The van der Waals surface area contributed by atoms with E-state index in [1.165, 1.54) is 12.2 Å². The van der Waals surface area contributed by atoms with Crippen LogP contribution in [0, 0.1) is 0 Å². The van der Waals surface area contributed by atoms with Gasteiger partial charge in [-0.3, -0.25) is 10.2 Å². The number of carbonyl (C=O) groups is 1. The SMILES string of the molecule is NC(=O)C1(Cl)C=CC(Cl)=NN1. The molecule has 0 fully saturated rings. The van der Waals surface area contributed by atoms with Gasteiger partial charge in [-0.05, 0) is 12.2 Å². The molecule has 1 heterocycles. The molecule has 4 nitrogen and oxygen atoms in total. The zero-order chi connectivity index (χ0) is 8.48. The maximum absolute atomic E-state index is 10.6. The van der Waals surface area contributed by atoms with Crippen molar-refractivity contribution in [2.24, 2.45) is 10.8 Å². The van der Waals surface area contributed by atoms with E-state index in [0.717, 1.165) is 0 Å². The van der Waals surface area contributed by atoms with Crippen LogP contribution >= 0.6 is 23.2 Å². The Bertz CT molecular complexity index is 250. The van der Waals surface area contributed by atoms with Gasteiger partial charge in [0.2, 0.25) is 5.00 Å². The predicted molar refractivity (Wildman–Crippen MR) is 43.3 cm³/mol. The monoisotopic (exact) mass is 193 g/mol. The molecule has 0 radical (unpaired) electrons. The molecule has 0 saturated heterocycles. The van der Waals surface area contributed by atoms with Crippen LogP contribution in [0.3, 0.4) is 0 Å². The van der Waals surface area contributed by atoms with E-state index in [2.05, 4.69) is 10.5 Å². The lowest BCUT2D eigenvalue weighted by atomic mass is 10.2. The normalized spacial score (nSPS) is 29.1. The Morgan fingerprint density at radius 3 is 2.82 bits per heavy atom. The van der Waals surface area contributed by atoms with Gasteiger partial charge in [-0.1, -0.05) is 23.2 Å². The van der Waals surface area contributed by atoms with Gasteiger partial charge < -0.3 is 5.73 Å². The number of rotatable bonds is 1. The van der Waals surface area contributed by atoms with E-state index >= 15 is 0 Å². The summed E-state index contributed by atoms with van der Waals surface area (Å²) < 4.78 is 0. The summed E-state index contributed by atoms with van der Waals surface area (Å²) in [7, 11) is 0. The van der Waals surface area contributed by atoms with Gasteiger partial charge in [-0.15, -0.1) is 0 Å². The lowest BCUT2D eigenvalue weighted by Crippen LogP contribution is -2.48. The van der Waals surface area contributed by atoms with Crippen LogP contribution in [-0.4, -0.2) is 16.1 Å². The first-order valence-electron chi connectivity index (χ1n) is 2.73. The number of nitrogens with two attached hydrogens (primary N) is 1. The number of nitrogens with one attached hydrogen (secondary N) is 1. The number of hydrazone groups is 1. The molecule has 0 saturated carbocycles. The number of carbonyl (C=O) groups excluding carboxylic acids is 1. The number of alkyl halides is 1. The largest absolute Gasteiger partial charge is 0.366 e. The fourth-order valence-corrected chi connectivity index (χ4v) is 0.741. The minimum absolute atomic E-state index is 0.225. The third kappa shape index (κ3) is 1.64. The molecule has 0 spiro atoms. The lowest BCUT2D eigenvalue weighted by Gasteiger charge is -2.21. The molecule has 1 rings (SSSR count). The van der Waals surface area contributed by atoms with Crippen molar-refractivity contribution < 1.29 is 4.79 Å². The molecule has 60 valence electrons. The third-order valence-corrected chi connectivity index (χ3v) is 1.74. The fourth-order valence-electron chi connectivity index (χ4n) is 0.530. The number of hydrogen-bond donors (Lipinski definition) is 2. The summed E-state index contributed by atoms with van der Waals surface area (Å²) in [6.45, 7) is 0. The van der Waals surface area contributed by atoms with E-state index in [1.807, 2.05) is 0 Å². The van der Waals surface area contributed by atoms with Gasteiger partial charge in [0.1, 0.15) is 5.17 Å². The molecule has 6 heteroatoms. The minimum atomic E-state index is -1.43. The van der Waals surface area contributed by atoms with E-state index in [1.54, 1.807) is 0 Å². The van der Waals surface area contributed by atoms with Gasteiger partial charge >= 0.3 is 0 Å². The molecule has 0 aromatic heterocycles. The molecule has 0 bridgehead atoms. The molecule has 1 unspecified atom stereocenters. The zero-order valence-corrected chi connectivity index (χ0v) is 6.86. The molecular weight excluding hydrogens is 189 g/mol. The van der Waals surface area contributed by atoms with Gasteiger partial charge in [0.05, 0.1) is 0 Å². The molecule has 1 aliphatic rings. The fraction of sp³-hybridized carbons (Fsp3) is 0.200. The average molecular weight is 194 g/mol. The summed E-state index contributed by atoms with van der Waals surface area (Å²) >= 11 is 11.1. The highest BCUT2D eigenvalue weighted by Crippen LogP contribution is 2.16. The quantitative estimate of drug-likeness (QED) is 0.459. The van der Waals surface area contributed by atoms with Crippen LogP contribution in [-0.2, 0) is 4.79 Å². The summed E-state index contributed by atoms with van der Waals surface area (Å²) in [5.74, 6) is -0.719. The Balaban J connectivity index is 2.82. The van der Waals surface area contributed by atoms with Crippen LogP contribution in [0.1, 0.15) is 0 Å². The highest BCUT2D eigenvalue weighted by Gasteiger charge is 2.32. The van der Waals surface area contributed by atoms with Crippen molar-refractivity contribution in [3.8, 4) is 0 Å². The van der Waals surface area contributed by atoms with Crippen molar-refractivity contribution in [3.63, 3.8) is 0 Å². The predicted octanol–water partition coefficient (Wildman–Crippen LogP) is 0.118. The lowest BCUT2D eigenvalue weighted by molar-refractivity contribution is -0.120. The van der Waals surface area contributed by atoms with Gasteiger partial charge in [-0.2, -0.15) is 5.10 Å². The summed E-state index contributed by atoms with van der Waals surface area (Å²) in [6, 6.07) is 0. The molecule has 3 N–H and O–H groups in total. The Morgan fingerprint density at radius 1 is 1.82 bits per heavy atom. The van der Waals surface area contributed by atoms with Crippen molar-refractivity contribution in [3.05, 3.63) is 12.2 Å². The molecule has 0 aromatic carbocycles. The summed E-state index contributed by atoms with van der Waals surface area (Å²) in [5, 5.41) is 3.74. The van der Waals surface area contributed by atoms with Gasteiger partial charge in [0.15, 0.2) is 0 Å². The standard InChI is InChI=1S/C5H5Cl2N3O/c6-3-1-2-5(7,4(8)11)10-9-3/h1-2,10H,(H2,8,11). The molecule has 1 atom stereocenters. The van der Waals surface area contributed by atoms with Crippen LogP contribution < -0.4 is 11.2 Å². The number of amides is 1. The van der Waals surface area contributed by atoms with Crippen LogP contribution in [0.4, 0.5) is 0 Å². The maximum atomic E-state index is 10.6.